The average Bonchev–Trinajstić information content (AvgIpc) is 2.80. The Morgan fingerprint density at radius 1 is 1.41 bits per heavy atom. The van der Waals surface area contributed by atoms with Crippen LogP contribution >= 0.6 is 39.8 Å². The molecular weight excluding hydrogens is 442 g/mol. The number of nitrogens with zero attached hydrogens (tertiary/aromatic N) is 3. The Morgan fingerprint density at radius 3 is 2.67 bits per heavy atom. The summed E-state index contributed by atoms with van der Waals surface area (Å²) < 4.78 is 30.4. The van der Waals surface area contributed by atoms with E-state index in [1.54, 1.807) is 24.9 Å². The molecule has 1 aliphatic rings. The maximum absolute atomic E-state index is 11.4. The van der Waals surface area contributed by atoms with Gasteiger partial charge in [0.05, 0.1) is 6.61 Å². The lowest BCUT2D eigenvalue weighted by atomic mass is 10.1. The molecule has 1 aliphatic heterocycles. The number of anilines is 1. The molecule has 156 valence electrons. The summed E-state index contributed by atoms with van der Waals surface area (Å²) in [6, 6.07) is 0.130. The minimum Gasteiger partial charge on any atom is -0.383 e. The monoisotopic (exact) mass is 464 g/mol. The van der Waals surface area contributed by atoms with Gasteiger partial charge in [-0.1, -0.05) is 0 Å². The lowest BCUT2D eigenvalue weighted by molar-refractivity contribution is 0.171. The van der Waals surface area contributed by atoms with Crippen molar-refractivity contribution >= 4 is 45.6 Å². The molecule has 0 amide bonds. The van der Waals surface area contributed by atoms with Gasteiger partial charge in [0.2, 0.25) is 0 Å². The fraction of sp³-hybridized carbons (Fsp3) is 0.667. The third-order valence-electron chi connectivity index (χ3n) is 3.83. The number of nitrogen functional groups attached to an aromatic ring is 1. The van der Waals surface area contributed by atoms with Crippen molar-refractivity contribution in [1.29, 1.82) is 0 Å². The molecule has 15 heteroatoms. The van der Waals surface area contributed by atoms with E-state index in [4.69, 9.17) is 15.5 Å². The molecule has 5 N–H and O–H groups in total. The summed E-state index contributed by atoms with van der Waals surface area (Å²) in [5.74, 6) is 1.78. The molecule has 2 rings (SSSR count). The molecule has 3 atom stereocenters. The van der Waals surface area contributed by atoms with Crippen LogP contribution in [0.15, 0.2) is 6.20 Å². The highest BCUT2D eigenvalue weighted by Crippen LogP contribution is 2.57. The lowest BCUT2D eigenvalue weighted by Crippen LogP contribution is -2.32. The fourth-order valence-corrected chi connectivity index (χ4v) is 5.52. The fourth-order valence-electron chi connectivity index (χ4n) is 2.49. The van der Waals surface area contributed by atoms with Gasteiger partial charge in [0.1, 0.15) is 11.6 Å². The number of aromatic nitrogens is 2. The van der Waals surface area contributed by atoms with Crippen molar-refractivity contribution in [2.75, 3.05) is 18.2 Å². The molecule has 0 bridgehead atoms. The molecule has 11 nitrogen and oxygen atoms in total. The number of thioether (sulfide) groups is 1. The number of hydrogen-bond donors (Lipinski definition) is 4. The molecule has 1 aromatic rings. The van der Waals surface area contributed by atoms with Crippen LogP contribution in [0, 0.1) is 6.92 Å². The zero-order valence-electron chi connectivity index (χ0n) is 14.7. The first-order chi connectivity index (χ1) is 12.0. The van der Waals surface area contributed by atoms with Crippen LogP contribution in [-0.4, -0.2) is 53.3 Å². The van der Waals surface area contributed by atoms with Gasteiger partial charge in [-0.2, -0.15) is 4.31 Å². The molecule has 27 heavy (non-hydrogen) atoms. The van der Waals surface area contributed by atoms with Crippen LogP contribution in [0.5, 0.6) is 0 Å². The second kappa shape index (κ2) is 9.98. The van der Waals surface area contributed by atoms with E-state index in [1.165, 1.54) is 0 Å². The maximum atomic E-state index is 11.4. The Labute approximate surface area is 167 Å². The lowest BCUT2D eigenvalue weighted by Gasteiger charge is -2.24. The Balaban J connectivity index is 0.00000364. The number of aryl methyl sites for hydroxylation is 1. The molecular formula is C12H23ClN4O7P2S. The summed E-state index contributed by atoms with van der Waals surface area (Å²) in [6.07, 6.45) is 2.12. The van der Waals surface area contributed by atoms with Gasteiger partial charge in [-0.15, -0.1) is 24.2 Å². The second-order valence-corrected chi connectivity index (χ2v) is 9.84. The number of nitrogens with two attached hydrogens (primary N) is 1. The van der Waals surface area contributed by atoms with Crippen molar-refractivity contribution in [3.8, 4) is 0 Å². The zero-order chi connectivity index (χ0) is 19.5. The summed E-state index contributed by atoms with van der Waals surface area (Å²) in [5, 5.41) is 0.109. The summed E-state index contributed by atoms with van der Waals surface area (Å²) in [4.78, 5) is 36.9. The number of rotatable bonds is 8. The maximum Gasteiger partial charge on any atom is 0.481 e. The van der Waals surface area contributed by atoms with Gasteiger partial charge in [0, 0.05) is 35.5 Å². The smallest absolute Gasteiger partial charge is 0.383 e. The first kappa shape index (κ1) is 24.8. The van der Waals surface area contributed by atoms with E-state index in [-0.39, 0.29) is 30.3 Å². The van der Waals surface area contributed by atoms with E-state index in [9.17, 15) is 14.0 Å². The third kappa shape index (κ3) is 7.94. The van der Waals surface area contributed by atoms with Gasteiger partial charge in [-0.05, 0) is 20.3 Å². The van der Waals surface area contributed by atoms with Crippen molar-refractivity contribution in [2.24, 2.45) is 0 Å². The minimum absolute atomic E-state index is 0. The molecule has 0 aromatic carbocycles. The van der Waals surface area contributed by atoms with Crippen molar-refractivity contribution in [3.63, 3.8) is 0 Å². The number of phosphoric acid groups is 2. The Morgan fingerprint density at radius 2 is 2.07 bits per heavy atom. The van der Waals surface area contributed by atoms with E-state index in [1.807, 2.05) is 6.92 Å². The van der Waals surface area contributed by atoms with E-state index in [0.717, 1.165) is 11.4 Å². The van der Waals surface area contributed by atoms with Crippen LogP contribution in [0.1, 0.15) is 24.7 Å². The summed E-state index contributed by atoms with van der Waals surface area (Å²) in [7, 11) is -9.89. The highest BCUT2D eigenvalue weighted by atomic mass is 35.5. The predicted molar refractivity (Wildman–Crippen MR) is 103 cm³/mol. The Kier molecular flexibility index (Phi) is 9.15. The molecule has 0 spiro atoms. The topological polar surface area (TPSA) is 168 Å². The van der Waals surface area contributed by atoms with Crippen LogP contribution < -0.4 is 5.73 Å². The van der Waals surface area contributed by atoms with Crippen LogP contribution in [0.3, 0.4) is 0 Å². The molecule has 1 fully saturated rings. The van der Waals surface area contributed by atoms with Crippen molar-refractivity contribution in [1.82, 2.24) is 14.9 Å². The summed E-state index contributed by atoms with van der Waals surface area (Å²) in [5.41, 5.74) is 6.75. The third-order valence-corrected chi connectivity index (χ3v) is 7.55. The Hall–Kier alpha value is -0.260. The molecule has 0 radical (unpaired) electrons. The number of phosphoric ester groups is 1. The molecule has 1 aromatic heterocycles. The number of halogens is 1. The highest BCUT2D eigenvalue weighted by molar-refractivity contribution is 8.00. The number of hydrogen-bond acceptors (Lipinski definition) is 9. The molecule has 2 heterocycles. The van der Waals surface area contributed by atoms with E-state index in [0.29, 0.717) is 24.6 Å². The summed E-state index contributed by atoms with van der Waals surface area (Å²) in [6.45, 7) is 4.19. The average molecular weight is 465 g/mol. The Bertz CT molecular complexity index is 740. The van der Waals surface area contributed by atoms with E-state index >= 15 is 0 Å². The standard InChI is InChI=1S/C12H22N4O7P2S.ClH/c1-8-11(3-4-22-25(20,21)23-24(17,18)19)26-7-16(8)6-10-5-14-9(2)15-12(10)13;/h5,8,11H,3-4,6-7H2,1-2H3,(H,20,21)(H2,13,14,15)(H2,17,18,19);1H. The van der Waals surface area contributed by atoms with Crippen molar-refractivity contribution < 1.29 is 32.6 Å². The van der Waals surface area contributed by atoms with Gasteiger partial charge >= 0.3 is 15.6 Å². The largest absolute Gasteiger partial charge is 0.481 e. The second-order valence-electron chi connectivity index (χ2n) is 5.81. The van der Waals surface area contributed by atoms with Gasteiger partial charge in [-0.3, -0.25) is 9.42 Å². The normalized spacial score (nSPS) is 23.0. The van der Waals surface area contributed by atoms with Crippen LogP contribution in [0.25, 0.3) is 0 Å². The van der Waals surface area contributed by atoms with Gasteiger partial charge in [0.15, 0.2) is 0 Å². The first-order valence-corrected chi connectivity index (χ1v) is 11.7. The zero-order valence-corrected chi connectivity index (χ0v) is 18.1. The molecule has 0 saturated carbocycles. The first-order valence-electron chi connectivity index (χ1n) is 7.65. The molecule has 1 saturated heterocycles. The van der Waals surface area contributed by atoms with Crippen LogP contribution in [0.4, 0.5) is 5.82 Å². The predicted octanol–water partition coefficient (Wildman–Crippen LogP) is 1.67. The quantitative estimate of drug-likeness (QED) is 0.411. The van der Waals surface area contributed by atoms with Crippen LogP contribution in [0.2, 0.25) is 0 Å². The SMILES string of the molecule is Cc1ncc(CN2CSC(CCOP(=O)(O)OP(=O)(O)O)C2C)c(N)n1.Cl. The molecule has 3 unspecified atom stereocenters. The van der Waals surface area contributed by atoms with Crippen molar-refractivity contribution in [2.45, 2.75) is 38.1 Å². The van der Waals surface area contributed by atoms with Crippen LogP contribution in [-0.2, 0) is 24.5 Å². The van der Waals surface area contributed by atoms with Gasteiger partial charge < -0.3 is 20.4 Å². The van der Waals surface area contributed by atoms with Gasteiger partial charge in [-0.25, -0.2) is 19.1 Å². The minimum atomic E-state index is -5.10. The molecule has 0 aliphatic carbocycles. The van der Waals surface area contributed by atoms with E-state index in [2.05, 4.69) is 23.7 Å². The van der Waals surface area contributed by atoms with Gasteiger partial charge in [0.25, 0.3) is 0 Å². The van der Waals surface area contributed by atoms with Crippen molar-refractivity contribution in [3.05, 3.63) is 17.6 Å². The summed E-state index contributed by atoms with van der Waals surface area (Å²) >= 11 is 1.65. The highest BCUT2D eigenvalue weighted by Gasteiger charge is 2.35. The van der Waals surface area contributed by atoms with E-state index < -0.39 is 15.6 Å².